The molecule has 2 aromatic heterocycles. The second-order valence-corrected chi connectivity index (χ2v) is 5.98. The van der Waals surface area contributed by atoms with E-state index in [1.807, 2.05) is 0 Å². The number of rotatable bonds is 3. The van der Waals surface area contributed by atoms with Crippen LogP contribution in [-0.4, -0.2) is 25.7 Å². The van der Waals surface area contributed by atoms with E-state index < -0.39 is 0 Å². The predicted octanol–water partition coefficient (Wildman–Crippen LogP) is 2.22. The van der Waals surface area contributed by atoms with Crippen molar-refractivity contribution in [1.82, 2.24) is 19.8 Å². The highest BCUT2D eigenvalue weighted by atomic mass is 32.1. The first-order chi connectivity index (χ1) is 8.74. The van der Waals surface area contributed by atoms with Gasteiger partial charge in [-0.25, -0.2) is 0 Å². The number of aromatic nitrogens is 4. The normalized spacial score (nSPS) is 15.4. The van der Waals surface area contributed by atoms with Gasteiger partial charge >= 0.3 is 0 Å². The molecule has 1 aliphatic carbocycles. The van der Waals surface area contributed by atoms with Crippen molar-refractivity contribution in [3.63, 3.8) is 0 Å². The van der Waals surface area contributed by atoms with E-state index in [1.165, 1.54) is 30.6 Å². The zero-order valence-corrected chi connectivity index (χ0v) is 11.3. The van der Waals surface area contributed by atoms with Crippen molar-refractivity contribution in [3.8, 4) is 0 Å². The van der Waals surface area contributed by atoms with Crippen LogP contribution in [0.5, 0.6) is 0 Å². The fraction of sp³-hybridized carbons (Fsp3) is 0.500. The Morgan fingerprint density at radius 3 is 2.78 bits per heavy atom. The molecule has 0 unspecified atom stereocenters. The van der Waals surface area contributed by atoms with Crippen LogP contribution >= 0.6 is 22.9 Å². The molecule has 0 aliphatic heterocycles. The molecule has 6 nitrogen and oxygen atoms in total. The third kappa shape index (κ3) is 2.13. The SMILES string of the molecule is Cc1nnsc1C(=O)Nc1nnc(C2CCC2)s1. The van der Waals surface area contributed by atoms with Crippen LogP contribution < -0.4 is 5.32 Å². The summed E-state index contributed by atoms with van der Waals surface area (Å²) in [6, 6.07) is 0. The number of carbonyl (C=O) groups excluding carboxylic acids is 1. The first-order valence-corrected chi connectivity index (χ1v) is 7.26. The first kappa shape index (κ1) is 11.7. The average Bonchev–Trinajstić information content (AvgIpc) is 2.85. The highest BCUT2D eigenvalue weighted by Crippen LogP contribution is 2.38. The Balaban J connectivity index is 1.70. The van der Waals surface area contributed by atoms with Gasteiger partial charge in [0, 0.05) is 5.92 Å². The molecule has 0 spiro atoms. The molecule has 2 heterocycles. The van der Waals surface area contributed by atoms with Gasteiger partial charge < -0.3 is 0 Å². The molecule has 1 saturated carbocycles. The average molecular weight is 281 g/mol. The molecular formula is C10H11N5OS2. The molecule has 1 aliphatic rings. The Morgan fingerprint density at radius 1 is 1.33 bits per heavy atom. The van der Waals surface area contributed by atoms with Gasteiger partial charge in [-0.05, 0) is 31.3 Å². The molecule has 1 fully saturated rings. The molecule has 0 aromatic carbocycles. The van der Waals surface area contributed by atoms with Gasteiger partial charge in [-0.3, -0.25) is 10.1 Å². The minimum absolute atomic E-state index is 0.209. The summed E-state index contributed by atoms with van der Waals surface area (Å²) in [6.45, 7) is 1.76. The van der Waals surface area contributed by atoms with Crippen LogP contribution in [0.15, 0.2) is 0 Å². The van der Waals surface area contributed by atoms with Crippen molar-refractivity contribution in [3.05, 3.63) is 15.6 Å². The van der Waals surface area contributed by atoms with E-state index in [0.29, 0.717) is 21.6 Å². The Bertz CT molecular complexity index is 574. The largest absolute Gasteiger partial charge is 0.296 e. The molecule has 2 aromatic rings. The van der Waals surface area contributed by atoms with Crippen LogP contribution in [-0.2, 0) is 0 Å². The lowest BCUT2D eigenvalue weighted by atomic mass is 9.86. The molecule has 0 radical (unpaired) electrons. The van der Waals surface area contributed by atoms with Gasteiger partial charge in [0.25, 0.3) is 5.91 Å². The van der Waals surface area contributed by atoms with Crippen molar-refractivity contribution in [1.29, 1.82) is 0 Å². The van der Waals surface area contributed by atoms with E-state index in [4.69, 9.17) is 0 Å². The summed E-state index contributed by atoms with van der Waals surface area (Å²) >= 11 is 2.55. The number of amides is 1. The maximum atomic E-state index is 11.9. The van der Waals surface area contributed by atoms with Crippen molar-refractivity contribution in [2.75, 3.05) is 5.32 Å². The number of nitrogens with one attached hydrogen (secondary N) is 1. The molecule has 1 amide bonds. The molecule has 1 N–H and O–H groups in total. The third-order valence-electron chi connectivity index (χ3n) is 2.97. The maximum Gasteiger partial charge on any atom is 0.271 e. The summed E-state index contributed by atoms with van der Waals surface area (Å²) < 4.78 is 3.74. The Morgan fingerprint density at radius 2 is 2.17 bits per heavy atom. The predicted molar refractivity (Wildman–Crippen MR) is 69.1 cm³/mol. The standard InChI is InChI=1S/C10H11N5OS2/c1-5-7(18-15-12-5)8(16)11-10-14-13-9(17-10)6-3-2-4-6/h6H,2-4H2,1H3,(H,11,14,16). The number of hydrogen-bond donors (Lipinski definition) is 1. The first-order valence-electron chi connectivity index (χ1n) is 5.68. The van der Waals surface area contributed by atoms with Gasteiger partial charge in [-0.15, -0.1) is 15.3 Å². The zero-order valence-electron chi connectivity index (χ0n) is 9.71. The van der Waals surface area contributed by atoms with Gasteiger partial charge in [0.05, 0.1) is 5.69 Å². The number of aryl methyl sites for hydroxylation is 1. The number of carbonyl (C=O) groups is 1. The fourth-order valence-corrected chi connectivity index (χ4v) is 3.16. The van der Waals surface area contributed by atoms with E-state index in [0.717, 1.165) is 16.5 Å². The van der Waals surface area contributed by atoms with Crippen LogP contribution in [0.25, 0.3) is 0 Å². The van der Waals surface area contributed by atoms with Crippen LogP contribution in [0.2, 0.25) is 0 Å². The monoisotopic (exact) mass is 281 g/mol. The fourth-order valence-electron chi connectivity index (χ4n) is 1.70. The summed E-state index contributed by atoms with van der Waals surface area (Å²) in [5.74, 6) is 0.332. The van der Waals surface area contributed by atoms with E-state index >= 15 is 0 Å². The summed E-state index contributed by atoms with van der Waals surface area (Å²) in [6.07, 6.45) is 3.62. The second-order valence-electron chi connectivity index (χ2n) is 4.21. The topological polar surface area (TPSA) is 80.7 Å². The lowest BCUT2D eigenvalue weighted by Crippen LogP contribution is -2.11. The molecule has 8 heteroatoms. The number of nitrogens with zero attached hydrogens (tertiary/aromatic N) is 4. The lowest BCUT2D eigenvalue weighted by molar-refractivity contribution is 0.102. The summed E-state index contributed by atoms with van der Waals surface area (Å²) in [5.41, 5.74) is 0.640. The molecule has 0 atom stereocenters. The lowest BCUT2D eigenvalue weighted by Gasteiger charge is -2.21. The minimum atomic E-state index is -0.209. The van der Waals surface area contributed by atoms with Crippen molar-refractivity contribution in [2.24, 2.45) is 0 Å². The molecule has 18 heavy (non-hydrogen) atoms. The molecular weight excluding hydrogens is 270 g/mol. The van der Waals surface area contributed by atoms with Crippen molar-refractivity contribution >= 4 is 33.9 Å². The summed E-state index contributed by atoms with van der Waals surface area (Å²) in [4.78, 5) is 12.4. The molecule has 94 valence electrons. The zero-order chi connectivity index (χ0) is 12.5. The highest BCUT2D eigenvalue weighted by Gasteiger charge is 2.24. The van der Waals surface area contributed by atoms with Crippen LogP contribution in [0, 0.1) is 6.92 Å². The van der Waals surface area contributed by atoms with Crippen LogP contribution in [0.4, 0.5) is 5.13 Å². The van der Waals surface area contributed by atoms with Gasteiger partial charge in [-0.2, -0.15) is 0 Å². The van der Waals surface area contributed by atoms with Crippen molar-refractivity contribution in [2.45, 2.75) is 32.1 Å². The molecule has 0 saturated heterocycles. The van der Waals surface area contributed by atoms with E-state index in [1.54, 1.807) is 6.92 Å². The van der Waals surface area contributed by atoms with Crippen LogP contribution in [0.1, 0.15) is 45.6 Å². The minimum Gasteiger partial charge on any atom is -0.296 e. The van der Waals surface area contributed by atoms with Gasteiger partial charge in [0.15, 0.2) is 0 Å². The van der Waals surface area contributed by atoms with Gasteiger partial charge in [0.1, 0.15) is 9.88 Å². The third-order valence-corrected chi connectivity index (χ3v) is 4.80. The van der Waals surface area contributed by atoms with E-state index in [-0.39, 0.29) is 5.91 Å². The van der Waals surface area contributed by atoms with Crippen molar-refractivity contribution < 1.29 is 4.79 Å². The van der Waals surface area contributed by atoms with Gasteiger partial charge in [-0.1, -0.05) is 22.2 Å². The number of anilines is 1. The van der Waals surface area contributed by atoms with E-state index in [2.05, 4.69) is 25.1 Å². The summed E-state index contributed by atoms with van der Waals surface area (Å²) in [5, 5.41) is 16.2. The highest BCUT2D eigenvalue weighted by molar-refractivity contribution is 7.15. The Hall–Kier alpha value is -1.41. The quantitative estimate of drug-likeness (QED) is 0.933. The van der Waals surface area contributed by atoms with Gasteiger partial charge in [0.2, 0.25) is 5.13 Å². The maximum absolute atomic E-state index is 11.9. The summed E-state index contributed by atoms with van der Waals surface area (Å²) in [7, 11) is 0. The number of hydrogen-bond acceptors (Lipinski definition) is 7. The smallest absolute Gasteiger partial charge is 0.271 e. The second kappa shape index (κ2) is 4.69. The molecule has 0 bridgehead atoms. The molecule has 3 rings (SSSR count). The Kier molecular flexibility index (Phi) is 3.04. The van der Waals surface area contributed by atoms with E-state index in [9.17, 15) is 4.79 Å². The Labute approximate surface area is 112 Å². The van der Waals surface area contributed by atoms with Crippen LogP contribution in [0.3, 0.4) is 0 Å².